The van der Waals surface area contributed by atoms with Crippen molar-refractivity contribution in [1.82, 2.24) is 9.21 Å². The number of rotatable bonds is 9. The molecule has 8 nitrogen and oxygen atoms in total. The van der Waals surface area contributed by atoms with Gasteiger partial charge < -0.3 is 19.3 Å². The van der Waals surface area contributed by atoms with E-state index in [1.54, 1.807) is 11.0 Å². The van der Waals surface area contributed by atoms with Gasteiger partial charge in [0.15, 0.2) is 0 Å². The average molecular weight is 476 g/mol. The van der Waals surface area contributed by atoms with E-state index in [4.69, 9.17) is 9.47 Å². The number of anilines is 1. The quantitative estimate of drug-likeness (QED) is 0.555. The Bertz CT molecular complexity index is 1060. The summed E-state index contributed by atoms with van der Waals surface area (Å²) in [5.74, 6) is -0.0507. The summed E-state index contributed by atoms with van der Waals surface area (Å²) in [6.07, 6.45) is 1.84. The molecular weight excluding hydrogens is 442 g/mol. The first-order chi connectivity index (χ1) is 15.6. The van der Waals surface area contributed by atoms with Crippen LogP contribution in [0.3, 0.4) is 0 Å². The second-order valence-electron chi connectivity index (χ2n) is 8.53. The van der Waals surface area contributed by atoms with Crippen molar-refractivity contribution in [3.63, 3.8) is 0 Å². The smallest absolute Gasteiger partial charge is 0.254 e. The molecule has 1 amide bonds. The van der Waals surface area contributed by atoms with E-state index < -0.39 is 10.0 Å². The highest BCUT2D eigenvalue weighted by Gasteiger charge is 2.27. The van der Waals surface area contributed by atoms with Crippen LogP contribution in [-0.4, -0.2) is 78.1 Å². The largest absolute Gasteiger partial charge is 0.495 e. The molecular formula is C24H33N3O5S. The zero-order chi connectivity index (χ0) is 24.2. The molecule has 0 radical (unpaired) electrons. The first-order valence-electron chi connectivity index (χ1n) is 10.9. The Hall–Kier alpha value is -2.62. The molecule has 1 atom stereocenters. The van der Waals surface area contributed by atoms with Crippen LogP contribution in [0.5, 0.6) is 5.75 Å². The maximum absolute atomic E-state index is 13.6. The summed E-state index contributed by atoms with van der Waals surface area (Å²) in [6, 6.07) is 12.6. The van der Waals surface area contributed by atoms with Gasteiger partial charge in [0.25, 0.3) is 5.91 Å². The maximum atomic E-state index is 13.6. The fraction of sp³-hybridized carbons (Fsp3) is 0.458. The number of hydrogen-bond donors (Lipinski definition) is 0. The predicted octanol–water partition coefficient (Wildman–Crippen LogP) is 2.83. The zero-order valence-electron chi connectivity index (χ0n) is 19.9. The van der Waals surface area contributed by atoms with Crippen LogP contribution >= 0.6 is 0 Å². The number of sulfonamides is 1. The van der Waals surface area contributed by atoms with Crippen molar-refractivity contribution in [3.8, 4) is 5.75 Å². The van der Waals surface area contributed by atoms with Gasteiger partial charge in [0.05, 0.1) is 13.2 Å². The molecule has 2 aromatic carbocycles. The number of carbonyl (C=O) groups is 1. The summed E-state index contributed by atoms with van der Waals surface area (Å²) in [5.41, 5.74) is 2.35. The van der Waals surface area contributed by atoms with E-state index in [1.165, 1.54) is 33.3 Å². The van der Waals surface area contributed by atoms with E-state index in [-0.39, 0.29) is 22.7 Å². The lowest BCUT2D eigenvalue weighted by Crippen LogP contribution is -2.37. The summed E-state index contributed by atoms with van der Waals surface area (Å²) >= 11 is 0. The average Bonchev–Trinajstić information content (AvgIpc) is 3.31. The first kappa shape index (κ1) is 25.0. The zero-order valence-corrected chi connectivity index (χ0v) is 20.8. The van der Waals surface area contributed by atoms with Crippen molar-refractivity contribution in [1.29, 1.82) is 0 Å². The topological polar surface area (TPSA) is 79.4 Å². The van der Waals surface area contributed by atoms with Gasteiger partial charge in [-0.05, 0) is 48.7 Å². The minimum absolute atomic E-state index is 0.0294. The van der Waals surface area contributed by atoms with Crippen LogP contribution in [0, 0.1) is 0 Å². The molecule has 9 heteroatoms. The molecule has 0 bridgehead atoms. The van der Waals surface area contributed by atoms with Gasteiger partial charge in [0.1, 0.15) is 10.6 Å². The molecule has 0 saturated carbocycles. The number of carbonyl (C=O) groups excluding carboxylic acids is 1. The number of benzene rings is 2. The molecule has 1 aliphatic rings. The van der Waals surface area contributed by atoms with E-state index in [1.807, 2.05) is 43.3 Å². The summed E-state index contributed by atoms with van der Waals surface area (Å²) in [6.45, 7) is 1.53. The summed E-state index contributed by atoms with van der Waals surface area (Å²) in [4.78, 5) is 17.3. The fourth-order valence-electron chi connectivity index (χ4n) is 3.76. The summed E-state index contributed by atoms with van der Waals surface area (Å²) in [5, 5.41) is 0. The highest BCUT2D eigenvalue weighted by molar-refractivity contribution is 7.89. The Labute approximate surface area is 196 Å². The molecule has 3 rings (SSSR count). The Morgan fingerprint density at radius 3 is 2.33 bits per heavy atom. The van der Waals surface area contributed by atoms with Crippen molar-refractivity contribution in [2.24, 2.45) is 0 Å². The van der Waals surface area contributed by atoms with Crippen LogP contribution in [0.4, 0.5) is 5.69 Å². The Morgan fingerprint density at radius 2 is 1.79 bits per heavy atom. The van der Waals surface area contributed by atoms with Crippen molar-refractivity contribution in [3.05, 3.63) is 53.6 Å². The van der Waals surface area contributed by atoms with Gasteiger partial charge in [-0.2, -0.15) is 0 Å². The SMILES string of the molecule is COc1ccc(C(=O)N(Cc2ccc(N(C)C)cc2)CC2CCCO2)cc1S(=O)(=O)N(C)C. The lowest BCUT2D eigenvalue weighted by molar-refractivity contribution is 0.0507. The van der Waals surface area contributed by atoms with Crippen LogP contribution < -0.4 is 9.64 Å². The minimum atomic E-state index is -3.79. The molecule has 1 unspecified atom stereocenters. The van der Waals surface area contributed by atoms with Crippen molar-refractivity contribution in [2.45, 2.75) is 30.4 Å². The van der Waals surface area contributed by atoms with Crippen LogP contribution in [-0.2, 0) is 21.3 Å². The van der Waals surface area contributed by atoms with Gasteiger partial charge in [-0.3, -0.25) is 4.79 Å². The molecule has 0 N–H and O–H groups in total. The molecule has 33 heavy (non-hydrogen) atoms. The van der Waals surface area contributed by atoms with E-state index in [0.717, 1.165) is 28.4 Å². The second kappa shape index (κ2) is 10.5. The number of hydrogen-bond acceptors (Lipinski definition) is 6. The molecule has 0 aliphatic carbocycles. The first-order valence-corrected chi connectivity index (χ1v) is 12.3. The third-order valence-electron chi connectivity index (χ3n) is 5.73. The molecule has 1 fully saturated rings. The van der Waals surface area contributed by atoms with E-state index >= 15 is 0 Å². The van der Waals surface area contributed by atoms with Gasteiger partial charge in [0.2, 0.25) is 10.0 Å². The van der Waals surface area contributed by atoms with Crippen LogP contribution in [0.15, 0.2) is 47.4 Å². The third-order valence-corrected chi connectivity index (χ3v) is 7.57. The monoisotopic (exact) mass is 475 g/mol. The van der Waals surface area contributed by atoms with E-state index in [9.17, 15) is 13.2 Å². The summed E-state index contributed by atoms with van der Waals surface area (Å²) < 4.78 is 37.8. The normalized spacial score (nSPS) is 16.1. The van der Waals surface area contributed by atoms with Crippen molar-refractivity contribution >= 4 is 21.6 Å². The lowest BCUT2D eigenvalue weighted by atomic mass is 10.1. The Morgan fingerprint density at radius 1 is 1.09 bits per heavy atom. The highest BCUT2D eigenvalue weighted by Crippen LogP contribution is 2.28. The predicted molar refractivity (Wildman–Crippen MR) is 128 cm³/mol. The maximum Gasteiger partial charge on any atom is 0.254 e. The molecule has 1 aliphatic heterocycles. The van der Waals surface area contributed by atoms with Crippen LogP contribution in [0.25, 0.3) is 0 Å². The summed E-state index contributed by atoms with van der Waals surface area (Å²) in [7, 11) is 4.47. The van der Waals surface area contributed by atoms with Gasteiger partial charge in [-0.1, -0.05) is 12.1 Å². The number of methoxy groups -OCH3 is 1. The van der Waals surface area contributed by atoms with Gasteiger partial charge in [-0.15, -0.1) is 0 Å². The van der Waals surface area contributed by atoms with Crippen molar-refractivity contribution in [2.75, 3.05) is 53.4 Å². The van der Waals surface area contributed by atoms with Gasteiger partial charge >= 0.3 is 0 Å². The van der Waals surface area contributed by atoms with Gasteiger partial charge in [-0.25, -0.2) is 12.7 Å². The lowest BCUT2D eigenvalue weighted by Gasteiger charge is -2.26. The Balaban J connectivity index is 1.93. The van der Waals surface area contributed by atoms with Crippen LogP contribution in [0.2, 0.25) is 0 Å². The highest BCUT2D eigenvalue weighted by atomic mass is 32.2. The van der Waals surface area contributed by atoms with E-state index in [2.05, 4.69) is 0 Å². The number of nitrogens with zero attached hydrogens (tertiary/aromatic N) is 3. The third kappa shape index (κ3) is 5.85. The number of ether oxygens (including phenoxy) is 2. The fourth-order valence-corrected chi connectivity index (χ4v) is 4.84. The van der Waals surface area contributed by atoms with Gasteiger partial charge in [0, 0.05) is 59.1 Å². The molecule has 1 saturated heterocycles. The standard InChI is InChI=1S/C24H33N3O5S/c1-25(2)20-11-8-18(9-12-20)16-27(17-21-7-6-14-32-21)24(28)19-10-13-22(31-5)23(15-19)33(29,30)26(3)4/h8-13,15,21H,6-7,14,16-17H2,1-5H3. The molecule has 1 heterocycles. The minimum Gasteiger partial charge on any atom is -0.495 e. The van der Waals surface area contributed by atoms with Crippen LogP contribution in [0.1, 0.15) is 28.8 Å². The molecule has 0 spiro atoms. The van der Waals surface area contributed by atoms with E-state index in [0.29, 0.717) is 25.3 Å². The molecule has 0 aromatic heterocycles. The second-order valence-corrected chi connectivity index (χ2v) is 10.7. The van der Waals surface area contributed by atoms with Crippen molar-refractivity contribution < 1.29 is 22.7 Å². The molecule has 180 valence electrons. The number of amides is 1. The molecule has 2 aromatic rings. The Kier molecular flexibility index (Phi) is 7.99.